The van der Waals surface area contributed by atoms with Crippen molar-refractivity contribution in [3.8, 4) is 5.75 Å². The van der Waals surface area contributed by atoms with Crippen LogP contribution >= 0.6 is 0 Å². The zero-order chi connectivity index (χ0) is 19.5. The third-order valence-corrected chi connectivity index (χ3v) is 4.91. The van der Waals surface area contributed by atoms with Gasteiger partial charge < -0.3 is 9.30 Å². The van der Waals surface area contributed by atoms with Crippen molar-refractivity contribution < 1.29 is 4.74 Å². The van der Waals surface area contributed by atoms with Crippen LogP contribution in [0.5, 0.6) is 5.75 Å². The zero-order valence-electron chi connectivity index (χ0n) is 16.3. The van der Waals surface area contributed by atoms with Gasteiger partial charge >= 0.3 is 0 Å². The molecule has 0 aliphatic rings. The van der Waals surface area contributed by atoms with E-state index in [9.17, 15) is 0 Å². The molecule has 0 fully saturated rings. The Morgan fingerprint density at radius 3 is 2.61 bits per heavy atom. The number of nitrogens with zero attached hydrogens (tertiary/aromatic N) is 5. The number of benzene rings is 2. The molecule has 0 aliphatic heterocycles. The molecular formula is C22H23N5O. The first-order chi connectivity index (χ1) is 13.6. The van der Waals surface area contributed by atoms with E-state index in [-0.39, 0.29) is 0 Å². The molecule has 4 rings (SSSR count). The van der Waals surface area contributed by atoms with Gasteiger partial charge in [0.2, 0.25) is 0 Å². The first-order valence-corrected chi connectivity index (χ1v) is 9.30. The number of aromatic nitrogens is 4. The maximum Gasteiger partial charge on any atom is 0.141 e. The number of para-hydroxylation sites is 1. The standard InChI is InChI=1S/C22H23N5O/c1-16-8-9-22(17(2)12-16)28-11-10-27-18(3)20(13-25-26-14-23-24-15-26)19-6-4-5-7-21(19)27/h4-9,12-15H,10-11H2,1-3H3/b25-13-. The van der Waals surface area contributed by atoms with Gasteiger partial charge in [-0.25, -0.2) is 4.68 Å². The Balaban J connectivity index is 1.59. The third kappa shape index (κ3) is 3.53. The van der Waals surface area contributed by atoms with Crippen molar-refractivity contribution in [2.45, 2.75) is 27.3 Å². The average Bonchev–Trinajstić information content (AvgIpc) is 3.29. The lowest BCUT2D eigenvalue weighted by molar-refractivity contribution is 0.297. The first kappa shape index (κ1) is 18.0. The minimum atomic E-state index is 0.603. The molecule has 28 heavy (non-hydrogen) atoms. The quantitative estimate of drug-likeness (QED) is 0.478. The molecule has 0 N–H and O–H groups in total. The van der Waals surface area contributed by atoms with Gasteiger partial charge in [-0.05, 0) is 38.5 Å². The Labute approximate surface area is 164 Å². The summed E-state index contributed by atoms with van der Waals surface area (Å²) in [6.07, 6.45) is 5.01. The fourth-order valence-electron chi connectivity index (χ4n) is 3.50. The van der Waals surface area contributed by atoms with Gasteiger partial charge in [-0.2, -0.15) is 5.10 Å². The molecule has 0 bridgehead atoms. The molecule has 0 unspecified atom stereocenters. The van der Waals surface area contributed by atoms with Crippen molar-refractivity contribution >= 4 is 17.1 Å². The van der Waals surface area contributed by atoms with Crippen LogP contribution in [0.25, 0.3) is 10.9 Å². The van der Waals surface area contributed by atoms with Gasteiger partial charge in [0.15, 0.2) is 0 Å². The highest BCUT2D eigenvalue weighted by molar-refractivity contribution is 6.01. The molecule has 6 heteroatoms. The van der Waals surface area contributed by atoms with Gasteiger partial charge in [0, 0.05) is 22.2 Å². The normalized spacial score (nSPS) is 11.5. The van der Waals surface area contributed by atoms with Gasteiger partial charge in [0.25, 0.3) is 0 Å². The highest BCUT2D eigenvalue weighted by Gasteiger charge is 2.12. The lowest BCUT2D eigenvalue weighted by atomic mass is 10.1. The van der Waals surface area contributed by atoms with Crippen LogP contribution in [0, 0.1) is 20.8 Å². The van der Waals surface area contributed by atoms with Crippen LogP contribution in [0.15, 0.2) is 60.2 Å². The molecule has 0 amide bonds. The van der Waals surface area contributed by atoms with Crippen LogP contribution in [0.1, 0.15) is 22.4 Å². The Morgan fingerprint density at radius 1 is 1.04 bits per heavy atom. The van der Waals surface area contributed by atoms with Crippen molar-refractivity contribution in [1.82, 2.24) is 19.4 Å². The van der Waals surface area contributed by atoms with E-state index >= 15 is 0 Å². The second kappa shape index (κ2) is 7.68. The first-order valence-electron chi connectivity index (χ1n) is 9.30. The number of aryl methyl sites for hydroxylation is 2. The summed E-state index contributed by atoms with van der Waals surface area (Å²) >= 11 is 0. The van der Waals surface area contributed by atoms with Crippen LogP contribution in [0.3, 0.4) is 0 Å². The summed E-state index contributed by atoms with van der Waals surface area (Å²) in [6, 6.07) is 14.6. The molecule has 2 aromatic carbocycles. The fraction of sp³-hybridized carbons (Fsp3) is 0.227. The predicted octanol–water partition coefficient (Wildman–Crippen LogP) is 4.12. The molecule has 0 saturated heterocycles. The lowest BCUT2D eigenvalue weighted by Gasteiger charge is -2.12. The largest absolute Gasteiger partial charge is 0.491 e. The van der Waals surface area contributed by atoms with E-state index < -0.39 is 0 Å². The number of hydrogen-bond donors (Lipinski definition) is 0. The molecule has 2 aromatic heterocycles. The van der Waals surface area contributed by atoms with Gasteiger partial charge in [-0.1, -0.05) is 35.9 Å². The van der Waals surface area contributed by atoms with Gasteiger partial charge in [-0.15, -0.1) is 10.2 Å². The minimum absolute atomic E-state index is 0.603. The van der Waals surface area contributed by atoms with E-state index in [2.05, 4.69) is 71.0 Å². The summed E-state index contributed by atoms with van der Waals surface area (Å²) in [5.41, 5.74) is 5.83. The molecule has 0 atom stereocenters. The van der Waals surface area contributed by atoms with Gasteiger partial charge in [0.05, 0.1) is 12.8 Å². The Morgan fingerprint density at radius 2 is 1.82 bits per heavy atom. The van der Waals surface area contributed by atoms with Crippen LogP contribution in [0.2, 0.25) is 0 Å². The van der Waals surface area contributed by atoms with Crippen LogP contribution < -0.4 is 4.74 Å². The molecule has 6 nitrogen and oxygen atoms in total. The monoisotopic (exact) mass is 373 g/mol. The summed E-state index contributed by atoms with van der Waals surface area (Å²) in [5.74, 6) is 0.939. The minimum Gasteiger partial charge on any atom is -0.491 e. The zero-order valence-corrected chi connectivity index (χ0v) is 16.3. The highest BCUT2D eigenvalue weighted by Crippen LogP contribution is 2.25. The topological polar surface area (TPSA) is 57.2 Å². The van der Waals surface area contributed by atoms with Crippen molar-refractivity contribution in [3.05, 3.63) is 77.5 Å². The van der Waals surface area contributed by atoms with Crippen molar-refractivity contribution in [2.75, 3.05) is 6.61 Å². The summed E-state index contributed by atoms with van der Waals surface area (Å²) in [4.78, 5) is 0. The van der Waals surface area contributed by atoms with Crippen molar-refractivity contribution in [2.24, 2.45) is 5.10 Å². The average molecular weight is 373 g/mol. The summed E-state index contributed by atoms with van der Waals surface area (Å²) in [7, 11) is 0. The molecular weight excluding hydrogens is 350 g/mol. The number of hydrogen-bond acceptors (Lipinski definition) is 4. The maximum absolute atomic E-state index is 6.05. The molecule has 2 heterocycles. The summed E-state index contributed by atoms with van der Waals surface area (Å²) in [6.45, 7) is 7.66. The molecule has 0 spiro atoms. The van der Waals surface area contributed by atoms with E-state index in [1.807, 2.05) is 18.3 Å². The van der Waals surface area contributed by atoms with Crippen LogP contribution in [-0.2, 0) is 6.54 Å². The van der Waals surface area contributed by atoms with Gasteiger partial charge in [0.1, 0.15) is 25.0 Å². The predicted molar refractivity (Wildman–Crippen MR) is 111 cm³/mol. The second-order valence-corrected chi connectivity index (χ2v) is 6.87. The highest BCUT2D eigenvalue weighted by atomic mass is 16.5. The van der Waals surface area contributed by atoms with E-state index in [0.29, 0.717) is 6.61 Å². The van der Waals surface area contributed by atoms with E-state index in [4.69, 9.17) is 4.74 Å². The van der Waals surface area contributed by atoms with E-state index in [0.717, 1.165) is 29.1 Å². The smallest absolute Gasteiger partial charge is 0.141 e. The number of fused-ring (bicyclic) bond motifs is 1. The van der Waals surface area contributed by atoms with Crippen LogP contribution in [0.4, 0.5) is 0 Å². The molecule has 142 valence electrons. The number of ether oxygens (including phenoxy) is 1. The van der Waals surface area contributed by atoms with E-state index in [1.165, 1.54) is 16.5 Å². The fourth-order valence-corrected chi connectivity index (χ4v) is 3.50. The Bertz CT molecular complexity index is 1130. The summed E-state index contributed by atoms with van der Waals surface area (Å²) in [5, 5.41) is 13.2. The van der Waals surface area contributed by atoms with E-state index in [1.54, 1.807) is 17.3 Å². The lowest BCUT2D eigenvalue weighted by Crippen LogP contribution is -2.10. The van der Waals surface area contributed by atoms with Gasteiger partial charge in [-0.3, -0.25) is 0 Å². The second-order valence-electron chi connectivity index (χ2n) is 6.87. The molecule has 4 aromatic rings. The maximum atomic E-state index is 6.05. The van der Waals surface area contributed by atoms with Crippen molar-refractivity contribution in [1.29, 1.82) is 0 Å². The Hall–Kier alpha value is -3.41. The molecule has 0 aliphatic carbocycles. The SMILES string of the molecule is Cc1ccc(OCCn2c(C)c(/C=N\n3cnnc3)c3ccccc32)c(C)c1. The Kier molecular flexibility index (Phi) is 4.93. The molecule has 0 saturated carbocycles. The molecule has 0 radical (unpaired) electrons. The summed E-state index contributed by atoms with van der Waals surface area (Å²) < 4.78 is 9.93. The third-order valence-electron chi connectivity index (χ3n) is 4.91. The number of rotatable bonds is 6. The van der Waals surface area contributed by atoms with Crippen molar-refractivity contribution in [3.63, 3.8) is 0 Å². The van der Waals surface area contributed by atoms with Crippen LogP contribution in [-0.4, -0.2) is 32.3 Å².